The summed E-state index contributed by atoms with van der Waals surface area (Å²) in [5, 5.41) is 4.01. The molecule has 0 aromatic heterocycles. The van der Waals surface area contributed by atoms with Crippen molar-refractivity contribution in [2.75, 3.05) is 26.2 Å². The topological polar surface area (TPSA) is 74.2 Å². The Labute approximate surface area is 257 Å². The number of aliphatic imine (C=N–C) groups is 1. The molecule has 2 aliphatic rings. The molecule has 5 rings (SSSR count). The first-order chi connectivity index (χ1) is 19.9. The number of halogens is 2. The minimum absolute atomic E-state index is 0.0328. The van der Waals surface area contributed by atoms with E-state index in [0.29, 0.717) is 46.9 Å². The van der Waals surface area contributed by atoms with E-state index in [0.717, 1.165) is 16.7 Å². The van der Waals surface area contributed by atoms with E-state index in [4.69, 9.17) is 32.9 Å². The molecule has 3 aromatic carbocycles. The summed E-state index contributed by atoms with van der Waals surface area (Å²) in [6.45, 7) is 11.6. The summed E-state index contributed by atoms with van der Waals surface area (Å²) in [7, 11) is 0. The molecule has 2 heterocycles. The fourth-order valence-corrected chi connectivity index (χ4v) is 5.88. The predicted octanol–water partition coefficient (Wildman–Crippen LogP) is 6.96. The van der Waals surface area contributed by atoms with E-state index >= 15 is 0 Å². The van der Waals surface area contributed by atoms with Crippen molar-refractivity contribution in [2.24, 2.45) is 4.99 Å². The van der Waals surface area contributed by atoms with Gasteiger partial charge in [-0.25, -0.2) is 4.79 Å². The number of amides is 3. The van der Waals surface area contributed by atoms with E-state index in [9.17, 15) is 9.59 Å². The number of urea groups is 1. The molecule has 3 aromatic rings. The van der Waals surface area contributed by atoms with Gasteiger partial charge < -0.3 is 15.0 Å². The van der Waals surface area contributed by atoms with Crippen LogP contribution in [0.15, 0.2) is 71.7 Å². The molecule has 1 fully saturated rings. The zero-order valence-corrected chi connectivity index (χ0v) is 26.1. The molecule has 0 spiro atoms. The summed E-state index contributed by atoms with van der Waals surface area (Å²) in [5.74, 6) is 0.931. The van der Waals surface area contributed by atoms with Crippen molar-refractivity contribution < 1.29 is 14.3 Å². The fraction of sp³-hybridized carbons (Fsp3) is 0.364. The summed E-state index contributed by atoms with van der Waals surface area (Å²) in [6.07, 6.45) is 0. The monoisotopic (exact) mass is 606 g/mol. The van der Waals surface area contributed by atoms with Crippen LogP contribution >= 0.6 is 23.2 Å². The highest BCUT2D eigenvalue weighted by Gasteiger charge is 2.52. The second-order valence-corrected chi connectivity index (χ2v) is 12.7. The van der Waals surface area contributed by atoms with E-state index in [1.54, 1.807) is 9.80 Å². The van der Waals surface area contributed by atoms with E-state index in [-0.39, 0.29) is 23.9 Å². The van der Waals surface area contributed by atoms with Gasteiger partial charge in [0.15, 0.2) is 0 Å². The maximum absolute atomic E-state index is 14.6. The maximum Gasteiger partial charge on any atom is 0.326 e. The number of benzene rings is 3. The summed E-state index contributed by atoms with van der Waals surface area (Å²) in [4.78, 5) is 35.6. The molecule has 2 unspecified atom stereocenters. The first kappa shape index (κ1) is 29.9. The van der Waals surface area contributed by atoms with Crippen molar-refractivity contribution in [2.45, 2.75) is 51.6 Å². The van der Waals surface area contributed by atoms with Gasteiger partial charge in [-0.15, -0.1) is 0 Å². The van der Waals surface area contributed by atoms with Crippen molar-refractivity contribution in [1.29, 1.82) is 0 Å². The van der Waals surface area contributed by atoms with Gasteiger partial charge in [-0.05, 0) is 72.4 Å². The summed E-state index contributed by atoms with van der Waals surface area (Å²) >= 11 is 12.6. The first-order valence-corrected chi connectivity index (χ1v) is 14.9. The van der Waals surface area contributed by atoms with Gasteiger partial charge >= 0.3 is 6.03 Å². The van der Waals surface area contributed by atoms with Crippen LogP contribution in [-0.2, 0) is 15.7 Å². The molecule has 7 nitrogen and oxygen atoms in total. The molecule has 2 aliphatic heterocycles. The Morgan fingerprint density at radius 1 is 1.05 bits per heavy atom. The maximum atomic E-state index is 14.6. The number of carbonyl (C=O) groups excluding carboxylic acids is 2. The van der Waals surface area contributed by atoms with Crippen molar-refractivity contribution in [3.63, 3.8) is 0 Å². The summed E-state index contributed by atoms with van der Waals surface area (Å²) in [6, 6.07) is 20.3. The normalized spacial score (nSPS) is 20.8. The van der Waals surface area contributed by atoms with Crippen LogP contribution < -0.4 is 10.1 Å². The number of nitrogens with zero attached hydrogens (tertiary/aromatic N) is 3. The third-order valence-corrected chi connectivity index (χ3v) is 8.38. The molecule has 2 atom stereocenters. The molecule has 0 bridgehead atoms. The predicted molar refractivity (Wildman–Crippen MR) is 168 cm³/mol. The molecule has 0 saturated carbocycles. The number of carbonyl (C=O) groups is 2. The van der Waals surface area contributed by atoms with Crippen molar-refractivity contribution in [3.8, 4) is 5.75 Å². The van der Waals surface area contributed by atoms with Gasteiger partial charge in [0.1, 0.15) is 23.7 Å². The lowest BCUT2D eigenvalue weighted by atomic mass is 9.81. The highest BCUT2D eigenvalue weighted by molar-refractivity contribution is 6.30. The van der Waals surface area contributed by atoms with Gasteiger partial charge in [0.25, 0.3) is 0 Å². The third-order valence-electron chi connectivity index (χ3n) is 7.87. The van der Waals surface area contributed by atoms with Crippen molar-refractivity contribution >= 4 is 41.0 Å². The average Bonchev–Trinajstić information content (AvgIpc) is 3.27. The summed E-state index contributed by atoms with van der Waals surface area (Å²) < 4.78 is 6.19. The number of hydrogen-bond donors (Lipinski definition) is 1. The van der Waals surface area contributed by atoms with Crippen molar-refractivity contribution in [3.05, 3.63) is 99.0 Å². The second kappa shape index (κ2) is 11.6. The molecule has 220 valence electrons. The molecule has 1 N–H and O–H groups in total. The van der Waals surface area contributed by atoms with Gasteiger partial charge in [0.2, 0.25) is 5.91 Å². The quantitative estimate of drug-likeness (QED) is 0.341. The van der Waals surface area contributed by atoms with Crippen LogP contribution in [-0.4, -0.2) is 53.8 Å². The SMILES string of the molecule is CCOc1cc(C(C)(C)C)ccc1C1=NC(C)(c2ccc(Cl)cc2)C(c2ccc(Cl)cc2)N1C(=O)N1CCNC(=O)C1. The minimum Gasteiger partial charge on any atom is -0.493 e. The fourth-order valence-electron chi connectivity index (χ4n) is 5.63. The third kappa shape index (κ3) is 5.72. The molecule has 9 heteroatoms. The van der Waals surface area contributed by atoms with E-state index in [1.807, 2.05) is 74.5 Å². The van der Waals surface area contributed by atoms with Gasteiger partial charge in [-0.2, -0.15) is 0 Å². The molecule has 0 radical (unpaired) electrons. The lowest BCUT2D eigenvalue weighted by Gasteiger charge is -2.38. The number of piperazine rings is 1. The van der Waals surface area contributed by atoms with Crippen LogP contribution in [0.25, 0.3) is 0 Å². The number of rotatable bonds is 5. The zero-order chi connectivity index (χ0) is 30.2. The van der Waals surface area contributed by atoms with Gasteiger partial charge in [0.05, 0.1) is 18.2 Å². The van der Waals surface area contributed by atoms with Crippen LogP contribution in [0, 0.1) is 0 Å². The lowest BCUT2D eigenvalue weighted by Crippen LogP contribution is -2.55. The Morgan fingerprint density at radius 3 is 2.29 bits per heavy atom. The Balaban J connectivity index is 1.76. The standard InChI is InChI=1S/C33H36Cl2N4O3/c1-6-42-27-19-23(32(2,3)4)11-16-26(27)30-37-33(5,22-9-14-25(35)15-10-22)29(21-7-12-24(34)13-8-21)39(30)31(41)38-18-17-36-28(40)20-38/h7-16,19,29H,6,17-18,20H2,1-5H3,(H,36,40). The molecular weight excluding hydrogens is 571 g/mol. The number of nitrogens with one attached hydrogen (secondary N) is 1. The van der Waals surface area contributed by atoms with Gasteiger partial charge in [0, 0.05) is 23.1 Å². The van der Waals surface area contributed by atoms with Crippen LogP contribution in [0.5, 0.6) is 5.75 Å². The Morgan fingerprint density at radius 2 is 1.69 bits per heavy atom. The van der Waals surface area contributed by atoms with Crippen LogP contribution in [0.4, 0.5) is 4.79 Å². The van der Waals surface area contributed by atoms with Gasteiger partial charge in [-0.3, -0.25) is 14.7 Å². The Hall–Kier alpha value is -3.55. The number of amidine groups is 1. The minimum atomic E-state index is -0.909. The molecule has 3 amide bonds. The van der Waals surface area contributed by atoms with Crippen LogP contribution in [0.1, 0.15) is 62.9 Å². The zero-order valence-electron chi connectivity index (χ0n) is 24.6. The summed E-state index contributed by atoms with van der Waals surface area (Å²) in [5.41, 5.74) is 2.54. The van der Waals surface area contributed by atoms with Crippen LogP contribution in [0.2, 0.25) is 10.0 Å². The Bertz CT molecular complexity index is 1520. The highest BCUT2D eigenvalue weighted by Crippen LogP contribution is 2.50. The molecule has 42 heavy (non-hydrogen) atoms. The number of ether oxygens (including phenoxy) is 1. The Kier molecular flexibility index (Phi) is 8.28. The molecule has 1 saturated heterocycles. The molecular formula is C33H36Cl2N4O3. The number of hydrogen-bond acceptors (Lipinski definition) is 4. The van der Waals surface area contributed by atoms with Crippen LogP contribution in [0.3, 0.4) is 0 Å². The van der Waals surface area contributed by atoms with E-state index in [2.05, 4.69) is 32.2 Å². The smallest absolute Gasteiger partial charge is 0.326 e. The van der Waals surface area contributed by atoms with Crippen molar-refractivity contribution in [1.82, 2.24) is 15.1 Å². The van der Waals surface area contributed by atoms with E-state index < -0.39 is 11.6 Å². The average molecular weight is 608 g/mol. The van der Waals surface area contributed by atoms with E-state index in [1.165, 1.54) is 0 Å². The second-order valence-electron chi connectivity index (χ2n) is 11.9. The lowest BCUT2D eigenvalue weighted by molar-refractivity contribution is -0.123. The molecule has 0 aliphatic carbocycles. The first-order valence-electron chi connectivity index (χ1n) is 14.2. The largest absolute Gasteiger partial charge is 0.493 e. The van der Waals surface area contributed by atoms with Gasteiger partial charge in [-0.1, -0.05) is 74.3 Å². The highest BCUT2D eigenvalue weighted by atomic mass is 35.5.